The Bertz CT molecular complexity index is 450. The molecular weight excluding hydrogens is 240 g/mol. The summed E-state index contributed by atoms with van der Waals surface area (Å²) in [6.45, 7) is 2.04. The highest BCUT2D eigenvalue weighted by molar-refractivity contribution is 5.24. The van der Waals surface area contributed by atoms with Gasteiger partial charge in [0.15, 0.2) is 0 Å². The van der Waals surface area contributed by atoms with Crippen LogP contribution in [0.25, 0.3) is 0 Å². The molecule has 19 heavy (non-hydrogen) atoms. The fraction of sp³-hybridized carbons (Fsp3) is 0.625. The minimum atomic E-state index is -0.148. The second-order valence-corrected chi connectivity index (χ2v) is 5.04. The van der Waals surface area contributed by atoms with Gasteiger partial charge in [-0.3, -0.25) is 0 Å². The zero-order chi connectivity index (χ0) is 13.5. The highest BCUT2D eigenvalue weighted by Gasteiger charge is 2.21. The molecule has 1 heterocycles. The molecule has 0 amide bonds. The molecule has 1 aliphatic rings. The predicted molar refractivity (Wildman–Crippen MR) is 73.7 cm³/mol. The van der Waals surface area contributed by atoms with E-state index in [0.29, 0.717) is 0 Å². The van der Waals surface area contributed by atoms with Crippen LogP contribution in [0, 0.1) is 12.0 Å². The Balaban J connectivity index is 1.99. The molecule has 0 bridgehead atoms. The van der Waals surface area contributed by atoms with Crippen molar-refractivity contribution in [1.29, 1.82) is 0 Å². The van der Waals surface area contributed by atoms with Crippen LogP contribution in [0.2, 0.25) is 0 Å². The number of ether oxygens (including phenoxy) is 1. The Kier molecular flexibility index (Phi) is 5.35. The summed E-state index contributed by atoms with van der Waals surface area (Å²) in [5.74, 6) is 4.77. The van der Waals surface area contributed by atoms with Gasteiger partial charge < -0.3 is 14.3 Å². The lowest BCUT2D eigenvalue weighted by Crippen LogP contribution is -2.12. The van der Waals surface area contributed by atoms with Crippen molar-refractivity contribution in [3.63, 3.8) is 0 Å². The third kappa shape index (κ3) is 4.04. The lowest BCUT2D eigenvalue weighted by atomic mass is 10.1. The molecule has 3 nitrogen and oxygen atoms in total. The molecule has 0 spiro atoms. The molecule has 0 saturated carbocycles. The third-order valence-corrected chi connectivity index (χ3v) is 3.48. The van der Waals surface area contributed by atoms with Crippen LogP contribution in [0.5, 0.6) is 0 Å². The van der Waals surface area contributed by atoms with Crippen molar-refractivity contribution in [2.24, 2.45) is 0 Å². The van der Waals surface area contributed by atoms with Gasteiger partial charge in [-0.05, 0) is 36.8 Å². The van der Waals surface area contributed by atoms with Gasteiger partial charge in [0, 0.05) is 19.3 Å². The molecule has 1 aliphatic carbocycles. The van der Waals surface area contributed by atoms with Crippen molar-refractivity contribution in [2.75, 3.05) is 6.61 Å². The van der Waals surface area contributed by atoms with E-state index in [1.165, 1.54) is 18.4 Å². The van der Waals surface area contributed by atoms with Crippen LogP contribution < -0.4 is 0 Å². The molecule has 2 rings (SSSR count). The van der Waals surface area contributed by atoms with Gasteiger partial charge in [-0.1, -0.05) is 13.3 Å². The van der Waals surface area contributed by atoms with Gasteiger partial charge in [-0.15, -0.1) is 0 Å². The van der Waals surface area contributed by atoms with E-state index in [1.54, 1.807) is 0 Å². The number of aliphatic hydroxyl groups is 1. The van der Waals surface area contributed by atoms with Crippen molar-refractivity contribution in [1.82, 2.24) is 0 Å². The zero-order valence-corrected chi connectivity index (χ0v) is 11.6. The first-order valence-electron chi connectivity index (χ1n) is 7.18. The fourth-order valence-corrected chi connectivity index (χ4v) is 2.48. The maximum atomic E-state index is 8.63. The summed E-state index contributed by atoms with van der Waals surface area (Å²) in [5, 5.41) is 8.63. The summed E-state index contributed by atoms with van der Waals surface area (Å²) in [6.07, 6.45) is 10.0. The van der Waals surface area contributed by atoms with Crippen LogP contribution in [0.1, 0.15) is 49.7 Å². The van der Waals surface area contributed by atoms with E-state index >= 15 is 0 Å². The highest BCUT2D eigenvalue weighted by Crippen LogP contribution is 2.26. The molecule has 0 aromatic carbocycles. The molecule has 1 aromatic rings. The van der Waals surface area contributed by atoms with E-state index in [2.05, 4.69) is 25.0 Å². The van der Waals surface area contributed by atoms with Gasteiger partial charge >= 0.3 is 0 Å². The number of hydrogen-bond acceptors (Lipinski definition) is 3. The van der Waals surface area contributed by atoms with Gasteiger partial charge in [0.05, 0.1) is 0 Å². The molecule has 0 unspecified atom stereocenters. The standard InChI is InChI=1S/C16H22O3/c1-2-3-6-15-12-13-11-14(18-10-5-9-17)7-4-8-16(13)19-15/h12,14,17H,2-4,6-9,11H2,1H3/t14-/m0/s1. The van der Waals surface area contributed by atoms with Crippen molar-refractivity contribution in [3.05, 3.63) is 23.2 Å². The summed E-state index contributed by atoms with van der Waals surface area (Å²) in [4.78, 5) is 0. The highest BCUT2D eigenvalue weighted by atomic mass is 16.5. The van der Waals surface area contributed by atoms with Gasteiger partial charge in [0.2, 0.25) is 0 Å². The lowest BCUT2D eigenvalue weighted by molar-refractivity contribution is 0.156. The Hall–Kier alpha value is -1.40. The van der Waals surface area contributed by atoms with Gasteiger partial charge in [0.25, 0.3) is 0 Å². The molecule has 1 N–H and O–H groups in total. The summed E-state index contributed by atoms with van der Waals surface area (Å²) < 4.78 is 11.4. The average Bonchev–Trinajstić information content (AvgIpc) is 2.69. The first kappa shape index (κ1) is 14.0. The van der Waals surface area contributed by atoms with Gasteiger partial charge in [-0.2, -0.15) is 0 Å². The molecule has 1 atom stereocenters. The van der Waals surface area contributed by atoms with Gasteiger partial charge in [0.1, 0.15) is 30.3 Å². The maximum Gasteiger partial charge on any atom is 0.115 e. The fourth-order valence-electron chi connectivity index (χ4n) is 2.48. The predicted octanol–water partition coefficient (Wildman–Crippen LogP) is 2.84. The van der Waals surface area contributed by atoms with Crippen molar-refractivity contribution in [2.45, 2.75) is 58.0 Å². The lowest BCUT2D eigenvalue weighted by Gasteiger charge is -2.10. The normalized spacial score (nSPS) is 18.1. The second-order valence-electron chi connectivity index (χ2n) is 5.04. The number of hydrogen-bond donors (Lipinski definition) is 1. The van der Waals surface area contributed by atoms with Crippen LogP contribution >= 0.6 is 0 Å². The number of aliphatic hydroxyl groups excluding tert-OH is 1. The van der Waals surface area contributed by atoms with E-state index in [1.807, 2.05) is 0 Å². The Morgan fingerprint density at radius 2 is 2.42 bits per heavy atom. The number of rotatable bonds is 4. The van der Waals surface area contributed by atoms with Gasteiger partial charge in [-0.25, -0.2) is 0 Å². The van der Waals surface area contributed by atoms with E-state index < -0.39 is 0 Å². The molecule has 1 aromatic heterocycles. The summed E-state index contributed by atoms with van der Waals surface area (Å²) >= 11 is 0. The molecule has 0 saturated heterocycles. The summed E-state index contributed by atoms with van der Waals surface area (Å²) in [6, 6.07) is 2.19. The first-order valence-corrected chi connectivity index (χ1v) is 7.18. The minimum absolute atomic E-state index is 0.122. The largest absolute Gasteiger partial charge is 0.466 e. The van der Waals surface area contributed by atoms with Crippen LogP contribution in [0.4, 0.5) is 0 Å². The Labute approximate surface area is 115 Å². The molecule has 0 radical (unpaired) electrons. The average molecular weight is 262 g/mol. The maximum absolute atomic E-state index is 8.63. The molecule has 104 valence electrons. The smallest absolute Gasteiger partial charge is 0.115 e. The number of aryl methyl sites for hydroxylation is 2. The van der Waals surface area contributed by atoms with E-state index in [0.717, 1.165) is 43.6 Å². The Morgan fingerprint density at radius 1 is 1.53 bits per heavy atom. The monoisotopic (exact) mass is 262 g/mol. The van der Waals surface area contributed by atoms with Crippen molar-refractivity contribution in [3.8, 4) is 12.0 Å². The van der Waals surface area contributed by atoms with Crippen LogP contribution in [-0.4, -0.2) is 17.8 Å². The molecule has 3 heteroatoms. The van der Waals surface area contributed by atoms with E-state index in [4.69, 9.17) is 14.3 Å². The second kappa shape index (κ2) is 7.25. The Morgan fingerprint density at radius 3 is 3.21 bits per heavy atom. The van der Waals surface area contributed by atoms with Crippen molar-refractivity contribution < 1.29 is 14.3 Å². The number of fused-ring (bicyclic) bond motifs is 1. The number of unbranched alkanes of at least 4 members (excludes halogenated alkanes) is 1. The summed E-state index contributed by atoms with van der Waals surface area (Å²) in [5.41, 5.74) is 1.28. The zero-order valence-electron chi connectivity index (χ0n) is 11.6. The summed E-state index contributed by atoms with van der Waals surface area (Å²) in [7, 11) is 0. The molecular formula is C16H22O3. The SMILES string of the molecule is CCCCc1cc2c(o1)CCC[C@H](OC#CCO)C2. The van der Waals surface area contributed by atoms with Crippen LogP contribution in [-0.2, 0) is 24.0 Å². The first-order chi connectivity index (χ1) is 9.33. The molecule has 0 fully saturated rings. The third-order valence-electron chi connectivity index (χ3n) is 3.48. The minimum Gasteiger partial charge on any atom is -0.466 e. The quantitative estimate of drug-likeness (QED) is 0.670. The van der Waals surface area contributed by atoms with Crippen molar-refractivity contribution >= 4 is 0 Å². The van der Waals surface area contributed by atoms with Crippen LogP contribution in [0.3, 0.4) is 0 Å². The molecule has 0 aliphatic heterocycles. The van der Waals surface area contributed by atoms with E-state index in [9.17, 15) is 0 Å². The number of furan rings is 1. The van der Waals surface area contributed by atoms with Crippen LogP contribution in [0.15, 0.2) is 10.5 Å². The van der Waals surface area contributed by atoms with E-state index in [-0.39, 0.29) is 12.7 Å². The topological polar surface area (TPSA) is 42.6 Å².